The molecular formula is C16H27IN4O. The Bertz CT molecular complexity index is 467. The molecule has 1 aliphatic heterocycles. The van der Waals surface area contributed by atoms with E-state index in [0.29, 0.717) is 5.96 Å². The van der Waals surface area contributed by atoms with E-state index in [-0.39, 0.29) is 24.0 Å². The third-order valence-electron chi connectivity index (χ3n) is 3.51. The molecule has 1 aromatic rings. The molecule has 1 aromatic carbocycles. The molecule has 0 saturated carbocycles. The quantitative estimate of drug-likeness (QED) is 0.334. The highest BCUT2D eigenvalue weighted by Gasteiger charge is 2.08. The standard InChI is InChI=1S/C16H26N4O.HI/c1-13-10-14(2)12-15(11-13)19-16(17)18-4-3-5-20-6-8-21-9-7-20;/h10-12H,3-9H2,1-2H3,(H3,17,18,19);1H. The van der Waals surface area contributed by atoms with Crippen molar-refractivity contribution < 1.29 is 4.74 Å². The van der Waals surface area contributed by atoms with Gasteiger partial charge in [0.1, 0.15) is 0 Å². The predicted molar refractivity (Wildman–Crippen MR) is 103 cm³/mol. The molecule has 3 N–H and O–H groups in total. The van der Waals surface area contributed by atoms with Gasteiger partial charge in [0.05, 0.1) is 13.2 Å². The van der Waals surface area contributed by atoms with Crippen molar-refractivity contribution in [2.24, 2.45) is 10.7 Å². The van der Waals surface area contributed by atoms with E-state index in [4.69, 9.17) is 10.5 Å². The lowest BCUT2D eigenvalue weighted by atomic mass is 10.1. The first-order chi connectivity index (χ1) is 10.1. The van der Waals surface area contributed by atoms with Gasteiger partial charge < -0.3 is 15.8 Å². The fraction of sp³-hybridized carbons (Fsp3) is 0.562. The Kier molecular flexibility index (Phi) is 8.74. The summed E-state index contributed by atoms with van der Waals surface area (Å²) in [4.78, 5) is 6.80. The number of hydrogen-bond donors (Lipinski definition) is 2. The van der Waals surface area contributed by atoms with Crippen LogP contribution in [0.3, 0.4) is 0 Å². The normalized spacial score (nSPS) is 16.2. The average Bonchev–Trinajstić information content (AvgIpc) is 2.43. The molecule has 0 spiro atoms. The molecule has 0 amide bonds. The Morgan fingerprint density at radius 1 is 1.23 bits per heavy atom. The van der Waals surface area contributed by atoms with Crippen LogP contribution in [0.1, 0.15) is 17.5 Å². The fourth-order valence-corrected chi connectivity index (χ4v) is 2.55. The lowest BCUT2D eigenvalue weighted by molar-refractivity contribution is 0.0377. The number of anilines is 1. The number of nitrogens with zero attached hydrogens (tertiary/aromatic N) is 2. The Morgan fingerprint density at radius 2 is 1.86 bits per heavy atom. The third-order valence-corrected chi connectivity index (χ3v) is 3.51. The summed E-state index contributed by atoms with van der Waals surface area (Å²) < 4.78 is 5.33. The Morgan fingerprint density at radius 3 is 2.50 bits per heavy atom. The smallest absolute Gasteiger partial charge is 0.193 e. The number of morpholine rings is 1. The average molecular weight is 418 g/mol. The van der Waals surface area contributed by atoms with Gasteiger partial charge in [-0.15, -0.1) is 24.0 Å². The number of rotatable bonds is 5. The summed E-state index contributed by atoms with van der Waals surface area (Å²) in [6.45, 7) is 9.71. The number of ether oxygens (including phenoxy) is 1. The number of halogens is 1. The maximum atomic E-state index is 5.93. The maximum absolute atomic E-state index is 5.93. The molecular weight excluding hydrogens is 391 g/mol. The molecule has 6 heteroatoms. The molecule has 0 atom stereocenters. The first-order valence-corrected chi connectivity index (χ1v) is 7.59. The summed E-state index contributed by atoms with van der Waals surface area (Å²) in [6, 6.07) is 6.28. The van der Waals surface area contributed by atoms with Gasteiger partial charge in [-0.3, -0.25) is 9.89 Å². The first kappa shape index (κ1) is 19.2. The van der Waals surface area contributed by atoms with Gasteiger partial charge in [0.15, 0.2) is 5.96 Å². The molecule has 1 saturated heterocycles. The van der Waals surface area contributed by atoms with Crippen molar-refractivity contribution >= 4 is 35.6 Å². The molecule has 2 rings (SSSR count). The Balaban J connectivity index is 0.00000242. The zero-order chi connectivity index (χ0) is 15.1. The van der Waals surface area contributed by atoms with Crippen molar-refractivity contribution in [3.05, 3.63) is 29.3 Å². The molecule has 0 aliphatic carbocycles. The molecule has 0 bridgehead atoms. The molecule has 0 radical (unpaired) electrons. The second kappa shape index (κ2) is 10.0. The van der Waals surface area contributed by atoms with Crippen molar-refractivity contribution in [1.29, 1.82) is 0 Å². The molecule has 0 unspecified atom stereocenters. The Labute approximate surface area is 150 Å². The van der Waals surface area contributed by atoms with Gasteiger partial charge in [0.2, 0.25) is 0 Å². The summed E-state index contributed by atoms with van der Waals surface area (Å²) in [5.74, 6) is 0.488. The number of nitrogens with two attached hydrogens (primary N) is 1. The van der Waals surface area contributed by atoms with Crippen LogP contribution in [0.25, 0.3) is 0 Å². The molecule has 1 fully saturated rings. The van der Waals surface area contributed by atoms with Gasteiger partial charge in [-0.2, -0.15) is 0 Å². The van der Waals surface area contributed by atoms with Crippen LogP contribution < -0.4 is 11.1 Å². The van der Waals surface area contributed by atoms with Crippen molar-refractivity contribution in [1.82, 2.24) is 4.90 Å². The highest BCUT2D eigenvalue weighted by atomic mass is 127. The number of nitrogens with one attached hydrogen (secondary N) is 1. The topological polar surface area (TPSA) is 62.9 Å². The monoisotopic (exact) mass is 418 g/mol. The summed E-state index contributed by atoms with van der Waals surface area (Å²) >= 11 is 0. The fourth-order valence-electron chi connectivity index (χ4n) is 2.55. The number of guanidine groups is 1. The van der Waals surface area contributed by atoms with E-state index in [0.717, 1.165) is 51.5 Å². The van der Waals surface area contributed by atoms with Gasteiger partial charge in [0.25, 0.3) is 0 Å². The van der Waals surface area contributed by atoms with Gasteiger partial charge in [0, 0.05) is 31.9 Å². The predicted octanol–water partition coefficient (Wildman–Crippen LogP) is 2.37. The van der Waals surface area contributed by atoms with E-state index < -0.39 is 0 Å². The lowest BCUT2D eigenvalue weighted by Gasteiger charge is -2.26. The van der Waals surface area contributed by atoms with E-state index in [9.17, 15) is 0 Å². The highest BCUT2D eigenvalue weighted by Crippen LogP contribution is 2.13. The number of benzene rings is 1. The van der Waals surface area contributed by atoms with Crippen molar-refractivity contribution in [3.63, 3.8) is 0 Å². The third kappa shape index (κ3) is 6.93. The van der Waals surface area contributed by atoms with E-state index in [1.54, 1.807) is 0 Å². The summed E-state index contributed by atoms with van der Waals surface area (Å²) in [5, 5.41) is 3.16. The van der Waals surface area contributed by atoms with E-state index in [1.165, 1.54) is 11.1 Å². The van der Waals surface area contributed by atoms with E-state index in [1.807, 2.05) is 0 Å². The van der Waals surface area contributed by atoms with Crippen LogP contribution in [-0.2, 0) is 4.74 Å². The van der Waals surface area contributed by atoms with Crippen molar-refractivity contribution in [3.8, 4) is 0 Å². The second-order valence-electron chi connectivity index (χ2n) is 5.58. The highest BCUT2D eigenvalue weighted by molar-refractivity contribution is 14.0. The van der Waals surface area contributed by atoms with Crippen molar-refractivity contribution in [2.45, 2.75) is 20.3 Å². The maximum Gasteiger partial charge on any atom is 0.193 e. The zero-order valence-corrected chi connectivity index (χ0v) is 15.8. The van der Waals surface area contributed by atoms with Crippen LogP contribution in [0, 0.1) is 13.8 Å². The number of aryl methyl sites for hydroxylation is 2. The van der Waals surface area contributed by atoms with Crippen molar-refractivity contribution in [2.75, 3.05) is 44.7 Å². The van der Waals surface area contributed by atoms with Gasteiger partial charge in [-0.05, 0) is 43.5 Å². The van der Waals surface area contributed by atoms with Gasteiger partial charge >= 0.3 is 0 Å². The van der Waals surface area contributed by atoms with Crippen LogP contribution in [0.15, 0.2) is 23.2 Å². The van der Waals surface area contributed by atoms with Crippen LogP contribution in [0.2, 0.25) is 0 Å². The molecule has 1 heterocycles. The van der Waals surface area contributed by atoms with E-state index >= 15 is 0 Å². The molecule has 1 aliphatic rings. The van der Waals surface area contributed by atoms with Crippen LogP contribution in [0.4, 0.5) is 5.69 Å². The minimum Gasteiger partial charge on any atom is -0.379 e. The lowest BCUT2D eigenvalue weighted by Crippen LogP contribution is -2.37. The molecule has 5 nitrogen and oxygen atoms in total. The first-order valence-electron chi connectivity index (χ1n) is 7.59. The molecule has 22 heavy (non-hydrogen) atoms. The SMILES string of the molecule is Cc1cc(C)cc(NC(N)=NCCCN2CCOCC2)c1.I. The minimum atomic E-state index is 0. The molecule has 0 aromatic heterocycles. The summed E-state index contributed by atoms with van der Waals surface area (Å²) in [5.41, 5.74) is 9.37. The summed E-state index contributed by atoms with van der Waals surface area (Å²) in [6.07, 6.45) is 1.02. The van der Waals surface area contributed by atoms with Crippen LogP contribution in [-0.4, -0.2) is 50.3 Å². The largest absolute Gasteiger partial charge is 0.379 e. The Hall–Kier alpha value is -0.860. The number of aliphatic imine (C=N–C) groups is 1. The van der Waals surface area contributed by atoms with Crippen LogP contribution in [0.5, 0.6) is 0 Å². The minimum absolute atomic E-state index is 0. The van der Waals surface area contributed by atoms with Crippen LogP contribution >= 0.6 is 24.0 Å². The zero-order valence-electron chi connectivity index (χ0n) is 13.5. The van der Waals surface area contributed by atoms with Gasteiger partial charge in [-0.1, -0.05) is 6.07 Å². The second-order valence-corrected chi connectivity index (χ2v) is 5.58. The van der Waals surface area contributed by atoms with E-state index in [2.05, 4.69) is 47.3 Å². The van der Waals surface area contributed by atoms with Gasteiger partial charge in [-0.25, -0.2) is 0 Å². The molecule has 124 valence electrons. The number of hydrogen-bond acceptors (Lipinski definition) is 3. The summed E-state index contributed by atoms with van der Waals surface area (Å²) in [7, 11) is 0.